The van der Waals surface area contributed by atoms with Gasteiger partial charge in [-0.05, 0) is 52.9 Å². The van der Waals surface area contributed by atoms with E-state index in [2.05, 4.69) is 33.1 Å². The standard InChI is InChI=1S/C15H11Cl2IN2O3/c1-23-13-3-2-8(5-12(13)18)15(22)20-19-7-9-4-10(16)6-11(17)14(9)21/h2-7,21H,1H3,(H,20,22)/b19-7-. The van der Waals surface area contributed by atoms with Gasteiger partial charge < -0.3 is 9.84 Å². The van der Waals surface area contributed by atoms with Gasteiger partial charge in [-0.2, -0.15) is 5.10 Å². The van der Waals surface area contributed by atoms with Crippen molar-refractivity contribution in [1.29, 1.82) is 0 Å². The van der Waals surface area contributed by atoms with Crippen molar-refractivity contribution in [3.63, 3.8) is 0 Å². The molecule has 0 radical (unpaired) electrons. The van der Waals surface area contributed by atoms with Crippen LogP contribution in [-0.4, -0.2) is 24.3 Å². The molecule has 0 atom stereocenters. The van der Waals surface area contributed by atoms with Gasteiger partial charge in [-0.3, -0.25) is 4.79 Å². The molecule has 0 heterocycles. The summed E-state index contributed by atoms with van der Waals surface area (Å²) >= 11 is 13.7. The van der Waals surface area contributed by atoms with E-state index in [1.807, 2.05) is 0 Å². The molecule has 0 aliphatic rings. The van der Waals surface area contributed by atoms with E-state index in [0.29, 0.717) is 21.9 Å². The second kappa shape index (κ2) is 7.85. The number of aromatic hydroxyl groups is 1. The lowest BCUT2D eigenvalue weighted by atomic mass is 10.2. The molecule has 0 saturated heterocycles. The van der Waals surface area contributed by atoms with E-state index in [1.54, 1.807) is 25.3 Å². The average molecular weight is 465 g/mol. The zero-order valence-electron chi connectivity index (χ0n) is 11.8. The minimum Gasteiger partial charge on any atom is -0.506 e. The number of benzene rings is 2. The third-order valence-electron chi connectivity index (χ3n) is 2.84. The fourth-order valence-electron chi connectivity index (χ4n) is 1.72. The largest absolute Gasteiger partial charge is 0.506 e. The van der Waals surface area contributed by atoms with Crippen LogP contribution in [0.4, 0.5) is 0 Å². The Morgan fingerprint density at radius 2 is 2.09 bits per heavy atom. The lowest BCUT2D eigenvalue weighted by Crippen LogP contribution is -2.17. The molecule has 0 spiro atoms. The summed E-state index contributed by atoms with van der Waals surface area (Å²) in [6.45, 7) is 0. The number of phenolic OH excluding ortho intramolecular Hbond substituents is 1. The van der Waals surface area contributed by atoms with Gasteiger partial charge in [-0.15, -0.1) is 0 Å². The molecule has 5 nitrogen and oxygen atoms in total. The van der Waals surface area contributed by atoms with Crippen molar-refractivity contribution in [3.05, 3.63) is 55.1 Å². The molecular weight excluding hydrogens is 454 g/mol. The third-order valence-corrected chi connectivity index (χ3v) is 4.19. The maximum atomic E-state index is 12.0. The van der Waals surface area contributed by atoms with E-state index in [4.69, 9.17) is 27.9 Å². The summed E-state index contributed by atoms with van der Waals surface area (Å²) in [5.41, 5.74) is 3.10. The molecule has 2 N–H and O–H groups in total. The summed E-state index contributed by atoms with van der Waals surface area (Å²) in [5.74, 6) is 0.131. The van der Waals surface area contributed by atoms with Crippen LogP contribution in [0.3, 0.4) is 0 Å². The fraction of sp³-hybridized carbons (Fsp3) is 0.0667. The Balaban J connectivity index is 2.11. The van der Waals surface area contributed by atoms with E-state index in [0.717, 1.165) is 3.57 Å². The van der Waals surface area contributed by atoms with Crippen LogP contribution in [-0.2, 0) is 0 Å². The molecule has 0 bridgehead atoms. The number of carbonyl (C=O) groups is 1. The van der Waals surface area contributed by atoms with Crippen LogP contribution in [0.2, 0.25) is 10.0 Å². The van der Waals surface area contributed by atoms with Gasteiger partial charge in [-0.25, -0.2) is 5.43 Å². The van der Waals surface area contributed by atoms with Crippen LogP contribution in [0.5, 0.6) is 11.5 Å². The lowest BCUT2D eigenvalue weighted by molar-refractivity contribution is 0.0955. The Hall–Kier alpha value is -1.51. The maximum absolute atomic E-state index is 12.0. The van der Waals surface area contributed by atoms with E-state index in [9.17, 15) is 9.90 Å². The Morgan fingerprint density at radius 3 is 2.74 bits per heavy atom. The molecule has 0 saturated carbocycles. The molecule has 8 heteroatoms. The zero-order valence-corrected chi connectivity index (χ0v) is 15.5. The number of ether oxygens (including phenoxy) is 1. The van der Waals surface area contributed by atoms with Crippen LogP contribution in [0.1, 0.15) is 15.9 Å². The predicted octanol–water partition coefficient (Wildman–Crippen LogP) is 4.08. The Kier molecular flexibility index (Phi) is 6.09. The highest BCUT2D eigenvalue weighted by Gasteiger charge is 2.09. The summed E-state index contributed by atoms with van der Waals surface area (Å²) < 4.78 is 5.94. The molecule has 23 heavy (non-hydrogen) atoms. The van der Waals surface area contributed by atoms with Gasteiger partial charge >= 0.3 is 0 Å². The lowest BCUT2D eigenvalue weighted by Gasteiger charge is -2.05. The average Bonchev–Trinajstić information content (AvgIpc) is 2.51. The number of hydrazone groups is 1. The second-order valence-electron chi connectivity index (χ2n) is 4.37. The number of methoxy groups -OCH3 is 1. The number of hydrogen-bond donors (Lipinski definition) is 2. The number of carbonyl (C=O) groups excluding carboxylic acids is 1. The monoisotopic (exact) mass is 464 g/mol. The van der Waals surface area contributed by atoms with Crippen molar-refractivity contribution in [3.8, 4) is 11.5 Å². The summed E-state index contributed by atoms with van der Waals surface area (Å²) in [7, 11) is 1.56. The number of hydrogen-bond acceptors (Lipinski definition) is 4. The van der Waals surface area contributed by atoms with E-state index in [1.165, 1.54) is 18.3 Å². The van der Waals surface area contributed by atoms with Crippen LogP contribution in [0.25, 0.3) is 0 Å². The molecule has 0 unspecified atom stereocenters. The van der Waals surface area contributed by atoms with Gasteiger partial charge in [-0.1, -0.05) is 23.2 Å². The summed E-state index contributed by atoms with van der Waals surface area (Å²) in [4.78, 5) is 12.0. The first-order valence-electron chi connectivity index (χ1n) is 6.27. The smallest absolute Gasteiger partial charge is 0.271 e. The summed E-state index contributed by atoms with van der Waals surface area (Å²) in [5, 5.41) is 14.0. The van der Waals surface area contributed by atoms with E-state index >= 15 is 0 Å². The Bertz CT molecular complexity index is 782. The summed E-state index contributed by atoms with van der Waals surface area (Å²) in [6.07, 6.45) is 1.26. The highest BCUT2D eigenvalue weighted by molar-refractivity contribution is 14.1. The Morgan fingerprint density at radius 1 is 1.35 bits per heavy atom. The first-order valence-corrected chi connectivity index (χ1v) is 8.10. The molecule has 2 aromatic carbocycles. The van der Waals surface area contributed by atoms with Gasteiger partial charge in [0.25, 0.3) is 5.91 Å². The molecular formula is C15H11Cl2IN2O3. The van der Waals surface area contributed by atoms with E-state index < -0.39 is 5.91 Å². The Labute approximate surface area is 156 Å². The SMILES string of the molecule is COc1ccc(C(=O)N/N=C\c2cc(Cl)cc(Cl)c2O)cc1I. The van der Waals surface area contributed by atoms with Crippen molar-refractivity contribution >= 4 is 57.9 Å². The minimum absolute atomic E-state index is 0.106. The molecule has 0 aliphatic heterocycles. The molecule has 1 amide bonds. The van der Waals surface area contributed by atoms with Gasteiger partial charge in [0.15, 0.2) is 0 Å². The zero-order chi connectivity index (χ0) is 17.0. The van der Waals surface area contributed by atoms with E-state index in [-0.39, 0.29) is 10.8 Å². The van der Waals surface area contributed by atoms with Gasteiger partial charge in [0.1, 0.15) is 11.5 Å². The molecule has 120 valence electrons. The number of phenols is 1. The molecule has 0 aromatic heterocycles. The van der Waals surface area contributed by atoms with Gasteiger partial charge in [0.2, 0.25) is 0 Å². The van der Waals surface area contributed by atoms with Crippen molar-refractivity contribution in [2.75, 3.05) is 7.11 Å². The molecule has 2 aromatic rings. The first-order chi connectivity index (χ1) is 10.9. The van der Waals surface area contributed by atoms with Crippen molar-refractivity contribution in [1.82, 2.24) is 5.43 Å². The van der Waals surface area contributed by atoms with Crippen molar-refractivity contribution in [2.24, 2.45) is 5.10 Å². The highest BCUT2D eigenvalue weighted by Crippen LogP contribution is 2.29. The normalized spacial score (nSPS) is 10.8. The number of nitrogens with one attached hydrogen (secondary N) is 1. The fourth-order valence-corrected chi connectivity index (χ4v) is 2.96. The second-order valence-corrected chi connectivity index (χ2v) is 6.38. The first kappa shape index (κ1) is 17.8. The highest BCUT2D eigenvalue weighted by atomic mass is 127. The van der Waals surface area contributed by atoms with Crippen LogP contribution in [0, 0.1) is 3.57 Å². The van der Waals surface area contributed by atoms with Crippen molar-refractivity contribution in [2.45, 2.75) is 0 Å². The molecule has 0 aliphatic carbocycles. The third kappa shape index (κ3) is 4.49. The molecule has 0 fully saturated rings. The maximum Gasteiger partial charge on any atom is 0.271 e. The quantitative estimate of drug-likeness (QED) is 0.407. The number of rotatable bonds is 4. The topological polar surface area (TPSA) is 70.9 Å². The minimum atomic E-state index is -0.394. The number of nitrogens with zero attached hydrogens (tertiary/aromatic N) is 1. The number of amides is 1. The van der Waals surface area contributed by atoms with Gasteiger partial charge in [0.05, 0.1) is 21.9 Å². The van der Waals surface area contributed by atoms with Gasteiger partial charge in [0, 0.05) is 16.1 Å². The van der Waals surface area contributed by atoms with Crippen LogP contribution < -0.4 is 10.2 Å². The van der Waals surface area contributed by atoms with Crippen molar-refractivity contribution < 1.29 is 14.6 Å². The summed E-state index contributed by atoms with van der Waals surface area (Å²) in [6, 6.07) is 7.89. The van der Waals surface area contributed by atoms with Crippen LogP contribution >= 0.6 is 45.8 Å². The number of halogens is 3. The predicted molar refractivity (Wildman–Crippen MR) is 98.9 cm³/mol. The van der Waals surface area contributed by atoms with Crippen LogP contribution in [0.15, 0.2) is 35.4 Å². The molecule has 2 rings (SSSR count).